The number of methoxy groups -OCH3 is 1. The number of halogens is 1. The zero-order chi connectivity index (χ0) is 31.2. The van der Waals surface area contributed by atoms with Crippen LogP contribution in [0.2, 0.25) is 0 Å². The number of hydrogen-bond acceptors (Lipinski definition) is 7. The Balaban J connectivity index is 1.46. The highest BCUT2D eigenvalue weighted by molar-refractivity contribution is 9.10. The first kappa shape index (κ1) is 31.0. The quantitative estimate of drug-likeness (QED) is 0.0949. The van der Waals surface area contributed by atoms with Crippen LogP contribution in [0, 0.1) is 10.1 Å². The van der Waals surface area contributed by atoms with Gasteiger partial charge in [0.1, 0.15) is 6.61 Å². The summed E-state index contributed by atoms with van der Waals surface area (Å²) in [6, 6.07) is 25.9. The first-order chi connectivity index (χ1) is 21.3. The molecular weight excluding hydrogens is 642 g/mol. The van der Waals surface area contributed by atoms with Gasteiger partial charge in [-0.15, -0.1) is 0 Å². The van der Waals surface area contributed by atoms with Crippen molar-refractivity contribution in [2.75, 3.05) is 12.0 Å². The van der Waals surface area contributed by atoms with Gasteiger partial charge in [0, 0.05) is 12.1 Å². The van der Waals surface area contributed by atoms with E-state index >= 15 is 0 Å². The summed E-state index contributed by atoms with van der Waals surface area (Å²) in [5.41, 5.74) is 5.28. The monoisotopic (exact) mass is 671 g/mol. The van der Waals surface area contributed by atoms with Crippen molar-refractivity contribution in [3.8, 4) is 11.5 Å². The molecule has 0 radical (unpaired) electrons. The summed E-state index contributed by atoms with van der Waals surface area (Å²) >= 11 is 4.89. The van der Waals surface area contributed by atoms with Crippen molar-refractivity contribution in [2.45, 2.75) is 33.3 Å². The van der Waals surface area contributed by atoms with E-state index in [1.807, 2.05) is 54.6 Å². The van der Waals surface area contributed by atoms with Crippen molar-refractivity contribution in [2.24, 2.45) is 4.99 Å². The van der Waals surface area contributed by atoms with Crippen LogP contribution in [0.3, 0.4) is 0 Å². The number of amidine groups is 1. The van der Waals surface area contributed by atoms with Crippen molar-refractivity contribution in [3.63, 3.8) is 0 Å². The minimum atomic E-state index is -0.440. The zero-order valence-corrected chi connectivity index (χ0v) is 26.9. The van der Waals surface area contributed by atoms with E-state index in [1.54, 1.807) is 29.2 Å². The van der Waals surface area contributed by atoms with E-state index < -0.39 is 4.92 Å². The molecule has 0 atom stereocenters. The number of amides is 1. The van der Waals surface area contributed by atoms with E-state index in [4.69, 9.17) is 14.5 Å². The fourth-order valence-electron chi connectivity index (χ4n) is 4.60. The number of anilines is 1. The molecule has 0 spiro atoms. The van der Waals surface area contributed by atoms with Crippen LogP contribution in [0.5, 0.6) is 11.5 Å². The van der Waals surface area contributed by atoms with Crippen LogP contribution in [0.15, 0.2) is 99.3 Å². The number of non-ortho nitro benzene ring substituents is 1. The largest absolute Gasteiger partial charge is 0.493 e. The first-order valence-corrected chi connectivity index (χ1v) is 15.6. The molecule has 5 rings (SSSR count). The first-order valence-electron chi connectivity index (χ1n) is 14.0. The van der Waals surface area contributed by atoms with Crippen molar-refractivity contribution in [1.29, 1.82) is 0 Å². The molecule has 0 unspecified atom stereocenters. The molecule has 0 N–H and O–H groups in total. The molecule has 8 nitrogen and oxygen atoms in total. The Labute approximate surface area is 268 Å². The normalized spacial score (nSPS) is 14.8. The van der Waals surface area contributed by atoms with Crippen LogP contribution in [0.1, 0.15) is 36.1 Å². The van der Waals surface area contributed by atoms with Gasteiger partial charge in [0.05, 0.1) is 32.8 Å². The second-order valence-corrected chi connectivity index (χ2v) is 11.8. The van der Waals surface area contributed by atoms with E-state index in [2.05, 4.69) is 29.8 Å². The predicted octanol–water partition coefficient (Wildman–Crippen LogP) is 8.88. The number of nitro benzene ring substituents is 1. The minimum absolute atomic E-state index is 0.00549. The van der Waals surface area contributed by atoms with Gasteiger partial charge in [-0.25, -0.2) is 4.99 Å². The average molecular weight is 673 g/mol. The third-order valence-electron chi connectivity index (χ3n) is 7.03. The lowest BCUT2D eigenvalue weighted by Crippen LogP contribution is -2.28. The lowest BCUT2D eigenvalue weighted by atomic mass is 10.1. The molecule has 0 aromatic heterocycles. The molecule has 224 valence electrons. The number of rotatable bonds is 10. The number of benzene rings is 4. The predicted molar refractivity (Wildman–Crippen MR) is 180 cm³/mol. The van der Waals surface area contributed by atoms with Gasteiger partial charge in [-0.3, -0.25) is 19.8 Å². The van der Waals surface area contributed by atoms with Gasteiger partial charge in [-0.05, 0) is 105 Å². The lowest BCUT2D eigenvalue weighted by Gasteiger charge is -2.16. The molecule has 1 fully saturated rings. The number of hydrogen-bond donors (Lipinski definition) is 0. The van der Waals surface area contributed by atoms with E-state index in [9.17, 15) is 14.9 Å². The number of carbonyl (C=O) groups excluding carboxylic acids is 1. The SMILES string of the molecule is CCc1ccc(N=C2S/C(=C\c3cc(Br)c(OCc4cccc([N+](=O)[O-])c4)c(OC)c3)C(=O)N2c2ccc(CC)cc2)cc1. The number of aliphatic imine (C=N–C) groups is 1. The Morgan fingerprint density at radius 3 is 2.27 bits per heavy atom. The Kier molecular flexibility index (Phi) is 9.82. The molecule has 10 heteroatoms. The number of nitro groups is 1. The number of carbonyl (C=O) groups is 1. The smallest absolute Gasteiger partial charge is 0.271 e. The molecule has 1 saturated heterocycles. The molecule has 1 amide bonds. The highest BCUT2D eigenvalue weighted by atomic mass is 79.9. The van der Waals surface area contributed by atoms with Crippen LogP contribution >= 0.6 is 27.7 Å². The van der Waals surface area contributed by atoms with Crippen molar-refractivity contribution in [1.82, 2.24) is 0 Å². The summed E-state index contributed by atoms with van der Waals surface area (Å²) in [6.07, 6.45) is 3.64. The number of nitrogens with zero attached hydrogens (tertiary/aromatic N) is 3. The third kappa shape index (κ3) is 7.03. The second-order valence-electron chi connectivity index (χ2n) is 9.94. The molecule has 0 bridgehead atoms. The molecule has 0 saturated carbocycles. The number of aryl methyl sites for hydroxylation is 2. The Hall–Kier alpha value is -4.41. The van der Waals surface area contributed by atoms with E-state index in [1.165, 1.54) is 42.1 Å². The number of thioether (sulfide) groups is 1. The average Bonchev–Trinajstić information content (AvgIpc) is 3.34. The Morgan fingerprint density at radius 1 is 0.955 bits per heavy atom. The van der Waals surface area contributed by atoms with Crippen molar-refractivity contribution in [3.05, 3.63) is 127 Å². The summed E-state index contributed by atoms with van der Waals surface area (Å²) in [5.74, 6) is 0.718. The standard InChI is InChI=1S/C34H30BrN3O5S/c1-4-22-9-13-26(14-10-22)36-34-37(27-15-11-23(5-2)12-16-27)33(39)31(44-34)20-25-18-29(35)32(30(19-25)42-3)43-21-24-7-6-8-28(17-24)38(40)41/h6-20H,4-5,21H2,1-3H3/b31-20-,36-34?. The number of ether oxygens (including phenoxy) is 2. The summed E-state index contributed by atoms with van der Waals surface area (Å²) < 4.78 is 12.2. The molecule has 4 aromatic carbocycles. The molecule has 44 heavy (non-hydrogen) atoms. The van der Waals surface area contributed by atoms with Gasteiger partial charge >= 0.3 is 0 Å². The highest BCUT2D eigenvalue weighted by Gasteiger charge is 2.35. The van der Waals surface area contributed by atoms with Crippen molar-refractivity contribution >= 4 is 61.9 Å². The maximum atomic E-state index is 13.8. The maximum Gasteiger partial charge on any atom is 0.271 e. The molecule has 4 aromatic rings. The van der Waals surface area contributed by atoms with Gasteiger partial charge < -0.3 is 9.47 Å². The van der Waals surface area contributed by atoms with Crippen LogP contribution in [0.25, 0.3) is 6.08 Å². The van der Waals surface area contributed by atoms with E-state index in [0.717, 1.165) is 29.8 Å². The molecule has 1 aliphatic heterocycles. The summed E-state index contributed by atoms with van der Waals surface area (Å²) in [7, 11) is 1.53. The summed E-state index contributed by atoms with van der Waals surface area (Å²) in [4.78, 5) is 31.6. The third-order valence-corrected chi connectivity index (χ3v) is 8.59. The fourth-order valence-corrected chi connectivity index (χ4v) is 6.18. The van der Waals surface area contributed by atoms with E-state index in [0.29, 0.717) is 31.6 Å². The van der Waals surface area contributed by atoms with Crippen molar-refractivity contribution < 1.29 is 19.2 Å². The maximum absolute atomic E-state index is 13.8. The van der Waals surface area contributed by atoms with E-state index in [-0.39, 0.29) is 18.2 Å². The zero-order valence-electron chi connectivity index (χ0n) is 24.5. The van der Waals surface area contributed by atoms with Gasteiger partial charge in [-0.1, -0.05) is 50.2 Å². The molecule has 1 aliphatic rings. The van der Waals surface area contributed by atoms with Crippen LogP contribution < -0.4 is 14.4 Å². The van der Waals surface area contributed by atoms with Crippen LogP contribution in [0.4, 0.5) is 17.1 Å². The Morgan fingerprint density at radius 2 is 1.64 bits per heavy atom. The molecular formula is C34H30BrN3O5S. The fraction of sp³-hybridized carbons (Fsp3) is 0.176. The highest BCUT2D eigenvalue weighted by Crippen LogP contribution is 2.41. The summed E-state index contributed by atoms with van der Waals surface area (Å²) in [5, 5.41) is 11.7. The van der Waals surface area contributed by atoms with Crippen LogP contribution in [-0.4, -0.2) is 23.1 Å². The minimum Gasteiger partial charge on any atom is -0.493 e. The van der Waals surface area contributed by atoms with Gasteiger partial charge in [0.2, 0.25) is 0 Å². The van der Waals surface area contributed by atoms with Gasteiger partial charge in [-0.2, -0.15) is 0 Å². The Bertz CT molecular complexity index is 1750. The topological polar surface area (TPSA) is 94.3 Å². The molecule has 1 heterocycles. The van der Waals surface area contributed by atoms with Crippen LogP contribution in [-0.2, 0) is 24.2 Å². The van der Waals surface area contributed by atoms with Gasteiger partial charge in [0.25, 0.3) is 11.6 Å². The lowest BCUT2D eigenvalue weighted by molar-refractivity contribution is -0.384. The summed E-state index contributed by atoms with van der Waals surface area (Å²) in [6.45, 7) is 4.31. The van der Waals surface area contributed by atoms with Gasteiger partial charge in [0.15, 0.2) is 16.7 Å². The molecule has 0 aliphatic carbocycles. The second kappa shape index (κ2) is 13.9.